The van der Waals surface area contributed by atoms with Crippen LogP contribution in [-0.2, 0) is 0 Å². The average Bonchev–Trinajstić information content (AvgIpc) is 2.30. The number of nitrogens with one attached hydrogen (secondary N) is 1. The first kappa shape index (κ1) is 14.0. The molecule has 1 aromatic carbocycles. The van der Waals surface area contributed by atoms with Crippen molar-refractivity contribution in [3.05, 3.63) is 29.8 Å². The normalized spacial score (nSPS) is 12.8. The minimum atomic E-state index is 0.258. The molecule has 0 spiro atoms. The summed E-state index contributed by atoms with van der Waals surface area (Å²) in [5.41, 5.74) is 8.29. The van der Waals surface area contributed by atoms with Gasteiger partial charge in [-0.3, -0.25) is 0 Å². The van der Waals surface area contributed by atoms with Crippen molar-refractivity contribution in [3.8, 4) is 0 Å². The van der Waals surface area contributed by atoms with Gasteiger partial charge in [-0.1, -0.05) is 26.0 Å². The van der Waals surface area contributed by atoms with Gasteiger partial charge in [-0.25, -0.2) is 0 Å². The van der Waals surface area contributed by atoms with Crippen LogP contribution < -0.4 is 16.0 Å². The third-order valence-electron chi connectivity index (χ3n) is 2.82. The Morgan fingerprint density at radius 3 is 2.18 bits per heavy atom. The summed E-state index contributed by atoms with van der Waals surface area (Å²) in [7, 11) is 4.10. The molecule has 0 aliphatic carbocycles. The van der Waals surface area contributed by atoms with E-state index in [0.717, 1.165) is 6.54 Å². The lowest BCUT2D eigenvalue weighted by atomic mass is 10.1. The van der Waals surface area contributed by atoms with Crippen LogP contribution >= 0.6 is 0 Å². The van der Waals surface area contributed by atoms with E-state index >= 15 is 0 Å². The van der Waals surface area contributed by atoms with Gasteiger partial charge in [0.1, 0.15) is 0 Å². The zero-order valence-corrected chi connectivity index (χ0v) is 11.4. The minimum Gasteiger partial charge on any atom is -0.378 e. The number of hydrogen-bond donors (Lipinski definition) is 2. The highest BCUT2D eigenvalue weighted by atomic mass is 15.1. The summed E-state index contributed by atoms with van der Waals surface area (Å²) < 4.78 is 0. The van der Waals surface area contributed by atoms with Gasteiger partial charge in [0.25, 0.3) is 0 Å². The van der Waals surface area contributed by atoms with Crippen LogP contribution in [0.3, 0.4) is 0 Å². The fraction of sp³-hybridized carbons (Fsp3) is 0.571. The SMILES string of the molecule is CC(C)CNC(CN)c1ccc(N(C)C)cc1. The predicted molar refractivity (Wildman–Crippen MR) is 75.4 cm³/mol. The summed E-state index contributed by atoms with van der Waals surface area (Å²) in [6.07, 6.45) is 0. The van der Waals surface area contributed by atoms with E-state index in [-0.39, 0.29) is 6.04 Å². The number of nitrogens with zero attached hydrogens (tertiary/aromatic N) is 1. The third-order valence-corrected chi connectivity index (χ3v) is 2.82. The number of nitrogens with two attached hydrogens (primary N) is 1. The summed E-state index contributed by atoms with van der Waals surface area (Å²) in [6, 6.07) is 8.83. The highest BCUT2D eigenvalue weighted by molar-refractivity contribution is 5.46. The lowest BCUT2D eigenvalue weighted by molar-refractivity contribution is 0.479. The van der Waals surface area contributed by atoms with E-state index in [9.17, 15) is 0 Å². The second-order valence-corrected chi connectivity index (χ2v) is 5.08. The maximum Gasteiger partial charge on any atom is 0.0444 e. The zero-order chi connectivity index (χ0) is 12.8. The maximum atomic E-state index is 5.82. The second-order valence-electron chi connectivity index (χ2n) is 5.08. The predicted octanol–water partition coefficient (Wildman–Crippen LogP) is 2.00. The summed E-state index contributed by atoms with van der Waals surface area (Å²) in [5.74, 6) is 0.644. The topological polar surface area (TPSA) is 41.3 Å². The molecule has 0 saturated carbocycles. The molecule has 1 aromatic rings. The Morgan fingerprint density at radius 2 is 1.76 bits per heavy atom. The number of hydrogen-bond acceptors (Lipinski definition) is 3. The molecule has 1 unspecified atom stereocenters. The monoisotopic (exact) mass is 235 g/mol. The number of anilines is 1. The van der Waals surface area contributed by atoms with Gasteiger partial charge in [-0.2, -0.15) is 0 Å². The van der Waals surface area contributed by atoms with E-state index in [1.54, 1.807) is 0 Å². The van der Waals surface area contributed by atoms with Gasteiger partial charge in [0.15, 0.2) is 0 Å². The molecule has 3 nitrogen and oxygen atoms in total. The molecule has 0 aliphatic heterocycles. The van der Waals surface area contributed by atoms with Crippen LogP contribution in [-0.4, -0.2) is 27.2 Å². The van der Waals surface area contributed by atoms with Crippen molar-refractivity contribution < 1.29 is 0 Å². The van der Waals surface area contributed by atoms with Crippen molar-refractivity contribution >= 4 is 5.69 Å². The van der Waals surface area contributed by atoms with Crippen molar-refractivity contribution in [2.45, 2.75) is 19.9 Å². The fourth-order valence-electron chi connectivity index (χ4n) is 1.72. The van der Waals surface area contributed by atoms with E-state index in [2.05, 4.69) is 48.3 Å². The molecule has 0 saturated heterocycles. The molecule has 17 heavy (non-hydrogen) atoms. The van der Waals surface area contributed by atoms with Gasteiger partial charge < -0.3 is 16.0 Å². The Labute approximate surface area is 105 Å². The molecule has 0 heterocycles. The molecular formula is C14H25N3. The molecule has 0 aliphatic rings. The second kappa shape index (κ2) is 6.62. The van der Waals surface area contributed by atoms with E-state index in [1.807, 2.05) is 14.1 Å². The van der Waals surface area contributed by atoms with E-state index in [4.69, 9.17) is 5.73 Å². The van der Waals surface area contributed by atoms with E-state index in [0.29, 0.717) is 12.5 Å². The largest absolute Gasteiger partial charge is 0.378 e. The fourth-order valence-corrected chi connectivity index (χ4v) is 1.72. The summed E-state index contributed by atoms with van der Waals surface area (Å²) in [4.78, 5) is 2.10. The molecule has 1 atom stereocenters. The first-order valence-electron chi connectivity index (χ1n) is 6.25. The van der Waals surface area contributed by atoms with Crippen LogP contribution in [0.2, 0.25) is 0 Å². The molecule has 3 heteroatoms. The van der Waals surface area contributed by atoms with E-state index < -0.39 is 0 Å². The minimum absolute atomic E-state index is 0.258. The van der Waals surface area contributed by atoms with Gasteiger partial charge in [0, 0.05) is 32.4 Å². The summed E-state index contributed by atoms with van der Waals surface area (Å²) in [6.45, 7) is 6.04. The van der Waals surface area contributed by atoms with Crippen LogP contribution in [0.1, 0.15) is 25.5 Å². The lowest BCUT2D eigenvalue weighted by Crippen LogP contribution is -2.30. The average molecular weight is 235 g/mol. The standard InChI is InChI=1S/C14H25N3/c1-11(2)10-16-14(9-15)12-5-7-13(8-6-12)17(3)4/h5-8,11,14,16H,9-10,15H2,1-4H3. The quantitative estimate of drug-likeness (QED) is 0.792. The summed E-state index contributed by atoms with van der Waals surface area (Å²) >= 11 is 0. The molecule has 96 valence electrons. The first-order chi connectivity index (χ1) is 8.04. The van der Waals surface area contributed by atoms with Crippen LogP contribution in [0.4, 0.5) is 5.69 Å². The number of benzene rings is 1. The highest BCUT2D eigenvalue weighted by Crippen LogP contribution is 2.17. The van der Waals surface area contributed by atoms with Gasteiger partial charge in [0.2, 0.25) is 0 Å². The van der Waals surface area contributed by atoms with Crippen molar-refractivity contribution in [2.75, 3.05) is 32.1 Å². The van der Waals surface area contributed by atoms with Gasteiger partial charge in [-0.05, 0) is 30.2 Å². The molecule has 0 radical (unpaired) electrons. The third kappa shape index (κ3) is 4.36. The van der Waals surface area contributed by atoms with Crippen molar-refractivity contribution in [1.29, 1.82) is 0 Å². The van der Waals surface area contributed by atoms with Crippen molar-refractivity contribution in [2.24, 2.45) is 11.7 Å². The van der Waals surface area contributed by atoms with Crippen LogP contribution in [0, 0.1) is 5.92 Å². The Kier molecular flexibility index (Phi) is 5.45. The number of rotatable bonds is 6. The first-order valence-corrected chi connectivity index (χ1v) is 6.25. The molecule has 0 aromatic heterocycles. The van der Waals surface area contributed by atoms with Gasteiger partial charge >= 0.3 is 0 Å². The Bertz CT molecular complexity index is 317. The van der Waals surface area contributed by atoms with Crippen molar-refractivity contribution in [1.82, 2.24) is 5.32 Å². The van der Waals surface area contributed by atoms with Gasteiger partial charge in [-0.15, -0.1) is 0 Å². The molecule has 0 bridgehead atoms. The summed E-state index contributed by atoms with van der Waals surface area (Å²) in [5, 5.41) is 3.50. The molecule has 0 fully saturated rings. The highest BCUT2D eigenvalue weighted by Gasteiger charge is 2.09. The zero-order valence-electron chi connectivity index (χ0n) is 11.4. The van der Waals surface area contributed by atoms with Gasteiger partial charge in [0.05, 0.1) is 0 Å². The van der Waals surface area contributed by atoms with Crippen molar-refractivity contribution in [3.63, 3.8) is 0 Å². The molecule has 3 N–H and O–H groups in total. The Hall–Kier alpha value is -1.06. The maximum absolute atomic E-state index is 5.82. The molecule has 1 rings (SSSR count). The Balaban J connectivity index is 2.68. The Morgan fingerprint density at radius 1 is 1.18 bits per heavy atom. The van der Waals surface area contributed by atoms with Crippen LogP contribution in [0.15, 0.2) is 24.3 Å². The van der Waals surface area contributed by atoms with E-state index in [1.165, 1.54) is 11.3 Å². The molecule has 0 amide bonds. The van der Waals surface area contributed by atoms with Crippen LogP contribution in [0.25, 0.3) is 0 Å². The smallest absolute Gasteiger partial charge is 0.0444 e. The molecular weight excluding hydrogens is 210 g/mol. The van der Waals surface area contributed by atoms with Crippen LogP contribution in [0.5, 0.6) is 0 Å². The lowest BCUT2D eigenvalue weighted by Gasteiger charge is -2.20.